The lowest BCUT2D eigenvalue weighted by atomic mass is 10.0. The average molecular weight is 550 g/mol. The van der Waals surface area contributed by atoms with E-state index < -0.39 is 11.5 Å². The highest BCUT2D eigenvalue weighted by molar-refractivity contribution is 7.22. The molecular weight excluding hydrogens is 526 g/mol. The van der Waals surface area contributed by atoms with Gasteiger partial charge in [-0.05, 0) is 77.9 Å². The molecule has 9 heteroatoms. The summed E-state index contributed by atoms with van der Waals surface area (Å²) in [5.41, 5.74) is 0.908. The number of carbonyl (C=O) groups is 1. The molecule has 0 fully saturated rings. The minimum Gasteiger partial charge on any atom is -0.497 e. The van der Waals surface area contributed by atoms with E-state index in [9.17, 15) is 9.59 Å². The van der Waals surface area contributed by atoms with Crippen molar-refractivity contribution in [1.29, 1.82) is 0 Å². The van der Waals surface area contributed by atoms with E-state index in [-0.39, 0.29) is 5.56 Å². The van der Waals surface area contributed by atoms with Crippen LogP contribution in [0, 0.1) is 0 Å². The molecule has 40 heavy (non-hydrogen) atoms. The van der Waals surface area contributed by atoms with Crippen molar-refractivity contribution in [2.45, 2.75) is 6.92 Å². The Morgan fingerprint density at radius 3 is 2.60 bits per heavy atom. The first-order valence-electron chi connectivity index (χ1n) is 12.6. The molecule has 6 aromatic rings. The van der Waals surface area contributed by atoms with E-state index in [4.69, 9.17) is 13.9 Å². The van der Waals surface area contributed by atoms with E-state index in [2.05, 4.69) is 10.1 Å². The van der Waals surface area contributed by atoms with Crippen molar-refractivity contribution in [2.75, 3.05) is 18.7 Å². The molecule has 2 aromatic heterocycles. The lowest BCUT2D eigenvalue weighted by molar-refractivity contribution is 0.0984. The van der Waals surface area contributed by atoms with Gasteiger partial charge in [-0.15, -0.1) is 0 Å². The van der Waals surface area contributed by atoms with Gasteiger partial charge in [0.25, 0.3) is 5.91 Å². The zero-order valence-electron chi connectivity index (χ0n) is 21.7. The number of hydrogen-bond acceptors (Lipinski definition) is 8. The molecule has 0 aliphatic carbocycles. The molecule has 0 spiro atoms. The SMILES string of the molecule is CCOc1ccc(/C=N/N(C(=O)c2cc3c(ccc4ccccc43)oc2=O)c2nc3ccc(OC)cc3s2)cc1. The number of ether oxygens (including phenoxy) is 2. The molecule has 0 N–H and O–H groups in total. The highest BCUT2D eigenvalue weighted by atomic mass is 32.1. The van der Waals surface area contributed by atoms with Crippen LogP contribution in [0.1, 0.15) is 22.8 Å². The first-order chi connectivity index (χ1) is 19.5. The fourth-order valence-electron chi connectivity index (χ4n) is 4.37. The van der Waals surface area contributed by atoms with Crippen LogP contribution >= 0.6 is 11.3 Å². The number of fused-ring (bicyclic) bond motifs is 4. The van der Waals surface area contributed by atoms with Gasteiger partial charge in [-0.1, -0.05) is 41.7 Å². The van der Waals surface area contributed by atoms with E-state index in [1.165, 1.54) is 11.3 Å². The number of amides is 1. The monoisotopic (exact) mass is 549 g/mol. The van der Waals surface area contributed by atoms with Gasteiger partial charge >= 0.3 is 5.63 Å². The van der Waals surface area contributed by atoms with E-state index in [0.717, 1.165) is 31.8 Å². The third-order valence-corrected chi connectivity index (χ3v) is 7.34. The standard InChI is InChI=1S/C31H23N3O5S/c1-3-38-21-11-8-19(9-12-21)18-32-34(31-33-26-14-13-22(37-2)16-28(26)40-31)29(35)25-17-24-23-7-5-4-6-20(23)10-15-27(24)39-30(25)36/h4-18H,3H2,1-2H3/b32-18+. The number of anilines is 1. The van der Waals surface area contributed by atoms with Crippen LogP contribution in [0.4, 0.5) is 5.13 Å². The largest absolute Gasteiger partial charge is 0.497 e. The van der Waals surface area contributed by atoms with Crippen molar-refractivity contribution < 1.29 is 18.7 Å². The molecule has 0 atom stereocenters. The van der Waals surface area contributed by atoms with Crippen molar-refractivity contribution in [3.8, 4) is 11.5 Å². The van der Waals surface area contributed by atoms with Crippen molar-refractivity contribution in [1.82, 2.24) is 4.98 Å². The van der Waals surface area contributed by atoms with E-state index in [1.807, 2.05) is 73.7 Å². The maximum absolute atomic E-state index is 14.0. The topological polar surface area (TPSA) is 94.2 Å². The van der Waals surface area contributed by atoms with Crippen LogP contribution in [-0.4, -0.2) is 30.8 Å². The maximum Gasteiger partial charge on any atom is 0.349 e. The van der Waals surface area contributed by atoms with Crippen LogP contribution in [0.15, 0.2) is 99.2 Å². The molecular formula is C31H23N3O5S. The number of thiazole rings is 1. The van der Waals surface area contributed by atoms with Gasteiger partial charge < -0.3 is 13.9 Å². The molecule has 4 aromatic carbocycles. The number of carbonyl (C=O) groups excluding carboxylic acids is 1. The Morgan fingerprint density at radius 1 is 1.00 bits per heavy atom. The summed E-state index contributed by atoms with van der Waals surface area (Å²) in [5, 5.41) is 8.42. The Hall–Kier alpha value is -5.02. The average Bonchev–Trinajstić information content (AvgIpc) is 3.40. The van der Waals surface area contributed by atoms with Crippen molar-refractivity contribution in [2.24, 2.45) is 5.10 Å². The number of methoxy groups -OCH3 is 1. The molecule has 2 heterocycles. The second-order valence-corrected chi connectivity index (χ2v) is 9.85. The summed E-state index contributed by atoms with van der Waals surface area (Å²) >= 11 is 1.26. The summed E-state index contributed by atoms with van der Waals surface area (Å²) in [4.78, 5) is 31.7. The second kappa shape index (κ2) is 10.6. The van der Waals surface area contributed by atoms with Crippen molar-refractivity contribution >= 4 is 60.5 Å². The van der Waals surface area contributed by atoms with Crippen molar-refractivity contribution in [3.05, 3.63) is 106 Å². The van der Waals surface area contributed by atoms with Crippen LogP contribution in [-0.2, 0) is 0 Å². The summed E-state index contributed by atoms with van der Waals surface area (Å²) in [5.74, 6) is 0.742. The quantitative estimate of drug-likeness (QED) is 0.0959. The number of aromatic nitrogens is 1. The van der Waals surface area contributed by atoms with E-state index >= 15 is 0 Å². The molecule has 0 bridgehead atoms. The molecule has 8 nitrogen and oxygen atoms in total. The number of benzene rings is 4. The van der Waals surface area contributed by atoms with Gasteiger partial charge in [-0.2, -0.15) is 10.1 Å². The molecule has 198 valence electrons. The van der Waals surface area contributed by atoms with Crippen LogP contribution in [0.5, 0.6) is 11.5 Å². The highest BCUT2D eigenvalue weighted by Gasteiger charge is 2.25. The summed E-state index contributed by atoms with van der Waals surface area (Å²) in [6, 6.07) is 25.7. The first kappa shape index (κ1) is 25.3. The molecule has 0 saturated carbocycles. The minimum atomic E-state index is -0.753. The Bertz CT molecular complexity index is 1960. The predicted octanol–water partition coefficient (Wildman–Crippen LogP) is 6.64. The third-order valence-electron chi connectivity index (χ3n) is 6.34. The number of hydrogen-bond donors (Lipinski definition) is 0. The highest BCUT2D eigenvalue weighted by Crippen LogP contribution is 2.33. The molecule has 0 aliphatic heterocycles. The Labute approximate surface area is 232 Å². The maximum atomic E-state index is 14.0. The second-order valence-electron chi connectivity index (χ2n) is 8.84. The van der Waals surface area contributed by atoms with Crippen LogP contribution in [0.25, 0.3) is 32.0 Å². The zero-order chi connectivity index (χ0) is 27.6. The van der Waals surface area contributed by atoms with Crippen LogP contribution < -0.4 is 20.1 Å². The predicted molar refractivity (Wildman–Crippen MR) is 158 cm³/mol. The normalized spacial score (nSPS) is 11.4. The van der Waals surface area contributed by atoms with Crippen molar-refractivity contribution in [3.63, 3.8) is 0 Å². The summed E-state index contributed by atoms with van der Waals surface area (Å²) < 4.78 is 17.2. The van der Waals surface area contributed by atoms with Gasteiger partial charge in [0, 0.05) is 5.39 Å². The third kappa shape index (κ3) is 4.78. The fourth-order valence-corrected chi connectivity index (χ4v) is 5.33. The Morgan fingerprint density at radius 2 is 1.80 bits per heavy atom. The summed E-state index contributed by atoms with van der Waals surface area (Å²) in [7, 11) is 1.59. The van der Waals surface area contributed by atoms with Crippen LogP contribution in [0.3, 0.4) is 0 Å². The summed E-state index contributed by atoms with van der Waals surface area (Å²) in [6.45, 7) is 2.47. The molecule has 0 radical (unpaired) electrons. The lowest BCUT2D eigenvalue weighted by Gasteiger charge is -2.14. The van der Waals surface area contributed by atoms with Gasteiger partial charge in [-0.3, -0.25) is 4.79 Å². The Balaban J connectivity index is 1.46. The lowest BCUT2D eigenvalue weighted by Crippen LogP contribution is -2.30. The Kier molecular flexibility index (Phi) is 6.71. The van der Waals surface area contributed by atoms with Crippen LogP contribution in [0.2, 0.25) is 0 Å². The number of rotatable bonds is 7. The number of hydrazone groups is 1. The van der Waals surface area contributed by atoms with Gasteiger partial charge in [0.15, 0.2) is 0 Å². The fraction of sp³-hybridized carbons (Fsp3) is 0.0968. The zero-order valence-corrected chi connectivity index (χ0v) is 22.5. The first-order valence-corrected chi connectivity index (χ1v) is 13.4. The molecule has 0 saturated heterocycles. The van der Waals surface area contributed by atoms with E-state index in [1.54, 1.807) is 31.5 Å². The summed E-state index contributed by atoms with van der Waals surface area (Å²) in [6.07, 6.45) is 1.54. The van der Waals surface area contributed by atoms with E-state index in [0.29, 0.717) is 34.0 Å². The smallest absolute Gasteiger partial charge is 0.349 e. The number of nitrogens with zero attached hydrogens (tertiary/aromatic N) is 3. The van der Waals surface area contributed by atoms with Gasteiger partial charge in [-0.25, -0.2) is 9.78 Å². The molecule has 1 amide bonds. The van der Waals surface area contributed by atoms with Gasteiger partial charge in [0.1, 0.15) is 22.6 Å². The molecule has 0 aliphatic rings. The minimum absolute atomic E-state index is 0.149. The molecule has 0 unspecified atom stereocenters. The van der Waals surface area contributed by atoms with Gasteiger partial charge in [0.05, 0.1) is 30.1 Å². The molecule has 6 rings (SSSR count). The van der Waals surface area contributed by atoms with Gasteiger partial charge in [0.2, 0.25) is 5.13 Å².